The van der Waals surface area contributed by atoms with Crippen LogP contribution in [0.4, 0.5) is 5.69 Å². The second-order valence-electron chi connectivity index (χ2n) is 6.64. The molecule has 1 heterocycles. The van der Waals surface area contributed by atoms with E-state index in [1.807, 2.05) is 31.2 Å². The summed E-state index contributed by atoms with van der Waals surface area (Å²) in [5.74, 6) is 0. The van der Waals surface area contributed by atoms with E-state index in [-0.39, 0.29) is 0 Å². The molecule has 1 aliphatic rings. The van der Waals surface area contributed by atoms with Gasteiger partial charge in [-0.2, -0.15) is 0 Å². The van der Waals surface area contributed by atoms with E-state index in [4.69, 9.17) is 23.8 Å². The first-order valence-corrected chi connectivity index (χ1v) is 9.78. The van der Waals surface area contributed by atoms with Gasteiger partial charge in [0.25, 0.3) is 0 Å². The second-order valence-corrected chi connectivity index (χ2v) is 7.47. The van der Waals surface area contributed by atoms with Crippen molar-refractivity contribution in [3.8, 4) is 0 Å². The standard InChI is InChI=1S/C21H24ClN3S/c1-17-16-19(22)9-10-20(17)23-21(26)25-14-12-24(13-15-25)11-5-8-18-6-3-2-4-7-18/h2-10,16H,11-15H2,1H3,(H,23,26)/p+1/b8-5+. The number of quaternary nitrogens is 1. The third-order valence-corrected chi connectivity index (χ3v) is 5.30. The average Bonchev–Trinajstić information content (AvgIpc) is 2.65. The highest BCUT2D eigenvalue weighted by Gasteiger charge is 2.21. The highest BCUT2D eigenvalue weighted by Crippen LogP contribution is 2.20. The maximum Gasteiger partial charge on any atom is 0.173 e. The lowest BCUT2D eigenvalue weighted by atomic mass is 10.2. The molecule has 0 atom stereocenters. The van der Waals surface area contributed by atoms with Gasteiger partial charge in [0.15, 0.2) is 5.11 Å². The molecular formula is C21H25ClN3S+. The number of rotatable bonds is 4. The lowest BCUT2D eigenvalue weighted by Crippen LogP contribution is -3.14. The van der Waals surface area contributed by atoms with E-state index < -0.39 is 0 Å². The summed E-state index contributed by atoms with van der Waals surface area (Å²) in [6.07, 6.45) is 4.48. The van der Waals surface area contributed by atoms with Gasteiger partial charge in [0.2, 0.25) is 0 Å². The predicted octanol–water partition coefficient (Wildman–Crippen LogP) is 3.26. The summed E-state index contributed by atoms with van der Waals surface area (Å²) >= 11 is 11.6. The predicted molar refractivity (Wildman–Crippen MR) is 115 cm³/mol. The Morgan fingerprint density at radius 2 is 1.92 bits per heavy atom. The molecule has 0 spiro atoms. The summed E-state index contributed by atoms with van der Waals surface area (Å²) in [6.45, 7) is 7.25. The SMILES string of the molecule is Cc1cc(Cl)ccc1NC(=S)N1CC[NH+](C/C=C/c2ccccc2)CC1. The van der Waals surface area contributed by atoms with Crippen molar-refractivity contribution >= 4 is 40.7 Å². The zero-order valence-corrected chi connectivity index (χ0v) is 16.6. The third kappa shape index (κ3) is 5.31. The number of anilines is 1. The minimum absolute atomic E-state index is 0.750. The summed E-state index contributed by atoms with van der Waals surface area (Å²) in [6, 6.07) is 16.3. The minimum Gasteiger partial charge on any atom is -0.338 e. The number of aryl methyl sites for hydroxylation is 1. The van der Waals surface area contributed by atoms with Gasteiger partial charge in [-0.05, 0) is 54.5 Å². The Morgan fingerprint density at radius 1 is 1.19 bits per heavy atom. The molecule has 0 aliphatic carbocycles. The van der Waals surface area contributed by atoms with Crippen molar-refractivity contribution in [1.29, 1.82) is 0 Å². The Hall–Kier alpha value is -1.88. The fraction of sp³-hybridized carbons (Fsp3) is 0.286. The molecular weight excluding hydrogens is 362 g/mol. The van der Waals surface area contributed by atoms with Crippen molar-refractivity contribution in [2.24, 2.45) is 0 Å². The van der Waals surface area contributed by atoms with Gasteiger partial charge < -0.3 is 15.1 Å². The van der Waals surface area contributed by atoms with Crippen LogP contribution >= 0.6 is 23.8 Å². The first kappa shape index (κ1) is 18.9. The number of benzene rings is 2. The molecule has 0 amide bonds. The number of nitrogens with zero attached hydrogens (tertiary/aromatic N) is 1. The number of halogens is 1. The van der Waals surface area contributed by atoms with Crippen molar-refractivity contribution < 1.29 is 4.90 Å². The zero-order valence-electron chi connectivity index (χ0n) is 15.0. The number of piperazine rings is 1. The fourth-order valence-electron chi connectivity index (χ4n) is 3.12. The van der Waals surface area contributed by atoms with Crippen LogP contribution < -0.4 is 10.2 Å². The lowest BCUT2D eigenvalue weighted by Gasteiger charge is -2.33. The largest absolute Gasteiger partial charge is 0.338 e. The van der Waals surface area contributed by atoms with Crippen LogP contribution in [0.2, 0.25) is 5.02 Å². The first-order chi connectivity index (χ1) is 12.6. The van der Waals surface area contributed by atoms with Crippen molar-refractivity contribution in [2.75, 3.05) is 38.0 Å². The summed E-state index contributed by atoms with van der Waals surface area (Å²) in [5.41, 5.74) is 3.39. The van der Waals surface area contributed by atoms with Crippen LogP contribution in [-0.4, -0.2) is 42.7 Å². The molecule has 5 heteroatoms. The van der Waals surface area contributed by atoms with Gasteiger partial charge in [0.1, 0.15) is 0 Å². The molecule has 1 aliphatic heterocycles. The third-order valence-electron chi connectivity index (χ3n) is 4.70. The van der Waals surface area contributed by atoms with Gasteiger partial charge in [0, 0.05) is 10.7 Å². The molecule has 26 heavy (non-hydrogen) atoms. The molecule has 0 bridgehead atoms. The molecule has 3 nitrogen and oxygen atoms in total. The zero-order chi connectivity index (χ0) is 18.4. The van der Waals surface area contributed by atoms with Gasteiger partial charge in [0.05, 0.1) is 32.7 Å². The van der Waals surface area contributed by atoms with E-state index in [0.29, 0.717) is 0 Å². The van der Waals surface area contributed by atoms with E-state index in [9.17, 15) is 0 Å². The van der Waals surface area contributed by atoms with Gasteiger partial charge in [-0.25, -0.2) is 0 Å². The van der Waals surface area contributed by atoms with Gasteiger partial charge in [-0.3, -0.25) is 0 Å². The topological polar surface area (TPSA) is 19.7 Å². The molecule has 1 fully saturated rings. The highest BCUT2D eigenvalue weighted by atomic mass is 35.5. The van der Waals surface area contributed by atoms with E-state index in [2.05, 4.69) is 46.6 Å². The molecule has 3 rings (SSSR count). The van der Waals surface area contributed by atoms with E-state index in [0.717, 1.165) is 54.1 Å². The molecule has 2 aromatic rings. The second kappa shape index (κ2) is 9.17. The van der Waals surface area contributed by atoms with Gasteiger partial charge >= 0.3 is 0 Å². The normalized spacial score (nSPS) is 15.4. The van der Waals surface area contributed by atoms with Crippen LogP contribution in [0.15, 0.2) is 54.6 Å². The monoisotopic (exact) mass is 386 g/mol. The molecule has 136 valence electrons. The van der Waals surface area contributed by atoms with E-state index in [1.165, 1.54) is 5.56 Å². The van der Waals surface area contributed by atoms with Gasteiger partial charge in [-0.1, -0.05) is 48.0 Å². The van der Waals surface area contributed by atoms with Gasteiger partial charge in [-0.15, -0.1) is 0 Å². The summed E-state index contributed by atoms with van der Waals surface area (Å²) in [5, 5.41) is 4.91. The lowest BCUT2D eigenvalue weighted by molar-refractivity contribution is -0.897. The van der Waals surface area contributed by atoms with Crippen LogP contribution in [0.25, 0.3) is 6.08 Å². The number of hydrogen-bond acceptors (Lipinski definition) is 1. The summed E-state index contributed by atoms with van der Waals surface area (Å²) in [7, 11) is 0. The van der Waals surface area contributed by atoms with Crippen LogP contribution in [0.3, 0.4) is 0 Å². The maximum absolute atomic E-state index is 6.02. The van der Waals surface area contributed by atoms with Crippen molar-refractivity contribution in [3.63, 3.8) is 0 Å². The molecule has 0 unspecified atom stereocenters. The quantitative estimate of drug-likeness (QED) is 0.787. The summed E-state index contributed by atoms with van der Waals surface area (Å²) < 4.78 is 0. The van der Waals surface area contributed by atoms with Crippen LogP contribution in [0.1, 0.15) is 11.1 Å². The van der Waals surface area contributed by atoms with Crippen LogP contribution in [-0.2, 0) is 0 Å². The molecule has 2 aromatic carbocycles. The summed E-state index contributed by atoms with van der Waals surface area (Å²) in [4.78, 5) is 3.85. The Kier molecular flexibility index (Phi) is 6.67. The Morgan fingerprint density at radius 3 is 2.62 bits per heavy atom. The molecule has 0 aromatic heterocycles. The highest BCUT2D eigenvalue weighted by molar-refractivity contribution is 7.80. The Bertz CT molecular complexity index is 768. The minimum atomic E-state index is 0.750. The Balaban J connectivity index is 1.45. The fourth-order valence-corrected chi connectivity index (χ4v) is 3.64. The van der Waals surface area contributed by atoms with E-state index in [1.54, 1.807) is 4.90 Å². The smallest absolute Gasteiger partial charge is 0.173 e. The maximum atomic E-state index is 6.02. The molecule has 2 N–H and O–H groups in total. The average molecular weight is 387 g/mol. The van der Waals surface area contributed by atoms with Crippen molar-refractivity contribution in [1.82, 2.24) is 4.90 Å². The molecule has 0 radical (unpaired) electrons. The van der Waals surface area contributed by atoms with Crippen molar-refractivity contribution in [2.45, 2.75) is 6.92 Å². The Labute approximate surface area is 166 Å². The van der Waals surface area contributed by atoms with E-state index >= 15 is 0 Å². The van der Waals surface area contributed by atoms with Crippen molar-refractivity contribution in [3.05, 3.63) is 70.8 Å². The number of nitrogens with one attached hydrogen (secondary N) is 2. The van der Waals surface area contributed by atoms with Crippen LogP contribution in [0.5, 0.6) is 0 Å². The molecule has 1 saturated heterocycles. The number of hydrogen-bond donors (Lipinski definition) is 2. The first-order valence-electron chi connectivity index (χ1n) is 8.99. The van der Waals surface area contributed by atoms with Crippen LogP contribution in [0, 0.1) is 6.92 Å². The molecule has 0 saturated carbocycles. The number of thiocarbonyl (C=S) groups is 1.